The van der Waals surface area contributed by atoms with Gasteiger partial charge in [-0.15, -0.1) is 0 Å². The third-order valence-corrected chi connectivity index (χ3v) is 6.61. The van der Waals surface area contributed by atoms with E-state index in [4.69, 9.17) is 9.94 Å². The van der Waals surface area contributed by atoms with Crippen LogP contribution in [-0.2, 0) is 20.4 Å². The van der Waals surface area contributed by atoms with Crippen LogP contribution in [0.5, 0.6) is 5.75 Å². The van der Waals surface area contributed by atoms with Gasteiger partial charge in [0.2, 0.25) is 5.91 Å². The maximum atomic E-state index is 12.8. The van der Waals surface area contributed by atoms with E-state index in [1.807, 2.05) is 36.4 Å². The zero-order valence-electron chi connectivity index (χ0n) is 18.8. The van der Waals surface area contributed by atoms with Gasteiger partial charge in [-0.2, -0.15) is 0 Å². The largest absolute Gasteiger partial charge is 0.491 e. The second-order valence-corrected chi connectivity index (χ2v) is 9.88. The van der Waals surface area contributed by atoms with Crippen LogP contribution >= 0.6 is 0 Å². The van der Waals surface area contributed by atoms with E-state index in [-0.39, 0.29) is 23.7 Å². The number of amides is 2. The van der Waals surface area contributed by atoms with Crippen molar-refractivity contribution in [1.82, 2.24) is 10.8 Å². The first-order valence-electron chi connectivity index (χ1n) is 10.8. The summed E-state index contributed by atoms with van der Waals surface area (Å²) in [7, 11) is -3.57. The number of hydrogen-bond acceptors (Lipinski definition) is 6. The van der Waals surface area contributed by atoms with Crippen molar-refractivity contribution in [2.75, 3.05) is 12.4 Å². The molecular formula is C26H26N2O6S. The highest BCUT2D eigenvalue weighted by atomic mass is 32.2. The summed E-state index contributed by atoms with van der Waals surface area (Å²) in [4.78, 5) is 24.0. The van der Waals surface area contributed by atoms with E-state index >= 15 is 0 Å². The average molecular weight is 495 g/mol. The first-order valence-corrected chi connectivity index (χ1v) is 12.6. The number of carbonyl (C=O) groups excluding carboxylic acids is 2. The van der Waals surface area contributed by atoms with Gasteiger partial charge in [0.1, 0.15) is 12.4 Å². The minimum Gasteiger partial charge on any atom is -0.491 e. The quantitative estimate of drug-likeness (QED) is 0.214. The summed E-state index contributed by atoms with van der Waals surface area (Å²) in [5, 5.41) is 11.4. The molecule has 3 rings (SSSR count). The van der Waals surface area contributed by atoms with Crippen molar-refractivity contribution in [1.29, 1.82) is 0 Å². The van der Waals surface area contributed by atoms with Crippen LogP contribution in [0.15, 0.2) is 91.0 Å². The van der Waals surface area contributed by atoms with E-state index in [9.17, 15) is 18.0 Å². The molecule has 1 atom stereocenters. The fraction of sp³-hybridized carbons (Fsp3) is 0.154. The van der Waals surface area contributed by atoms with Crippen LogP contribution in [0.25, 0.3) is 6.08 Å². The Hall–Kier alpha value is -3.95. The molecule has 0 radical (unpaired) electrons. The van der Waals surface area contributed by atoms with Gasteiger partial charge in [0.15, 0.2) is 9.84 Å². The van der Waals surface area contributed by atoms with Crippen molar-refractivity contribution >= 4 is 27.7 Å². The van der Waals surface area contributed by atoms with Gasteiger partial charge in [-0.3, -0.25) is 14.8 Å². The zero-order chi connectivity index (χ0) is 25.1. The van der Waals surface area contributed by atoms with E-state index in [2.05, 4.69) is 5.32 Å². The zero-order valence-corrected chi connectivity index (χ0v) is 19.6. The normalized spacial score (nSPS) is 12.1. The smallest absolute Gasteiger partial charge is 0.274 e. The predicted octanol–water partition coefficient (Wildman–Crippen LogP) is 3.00. The van der Waals surface area contributed by atoms with Gasteiger partial charge in [-0.1, -0.05) is 60.7 Å². The molecule has 8 nitrogen and oxygen atoms in total. The topological polar surface area (TPSA) is 122 Å². The Bertz CT molecular complexity index is 1240. The maximum absolute atomic E-state index is 12.8. The first kappa shape index (κ1) is 25.7. The summed E-state index contributed by atoms with van der Waals surface area (Å²) >= 11 is 0. The molecule has 3 aromatic rings. The molecular weight excluding hydrogens is 468 g/mol. The highest BCUT2D eigenvalue weighted by Gasteiger charge is 2.22. The van der Waals surface area contributed by atoms with Gasteiger partial charge in [-0.25, -0.2) is 13.9 Å². The van der Waals surface area contributed by atoms with Crippen LogP contribution in [0.3, 0.4) is 0 Å². The van der Waals surface area contributed by atoms with E-state index in [0.717, 1.165) is 5.56 Å². The Labute approximate surface area is 204 Å². The highest BCUT2D eigenvalue weighted by Crippen LogP contribution is 2.14. The average Bonchev–Trinajstić information content (AvgIpc) is 2.86. The molecule has 0 aliphatic heterocycles. The highest BCUT2D eigenvalue weighted by molar-refractivity contribution is 7.90. The molecule has 0 aliphatic carbocycles. The van der Waals surface area contributed by atoms with Gasteiger partial charge in [0, 0.05) is 11.6 Å². The molecule has 2 amide bonds. The Morgan fingerprint density at radius 1 is 0.914 bits per heavy atom. The summed E-state index contributed by atoms with van der Waals surface area (Å²) in [6.07, 6.45) is 2.98. The third kappa shape index (κ3) is 8.73. The number of benzene rings is 3. The van der Waals surface area contributed by atoms with Gasteiger partial charge >= 0.3 is 0 Å². The van der Waals surface area contributed by atoms with E-state index < -0.39 is 27.7 Å². The van der Waals surface area contributed by atoms with Crippen molar-refractivity contribution < 1.29 is 28.0 Å². The van der Waals surface area contributed by atoms with Crippen LogP contribution in [0.1, 0.15) is 21.5 Å². The Morgan fingerprint density at radius 3 is 2.17 bits per heavy atom. The van der Waals surface area contributed by atoms with Crippen molar-refractivity contribution in [2.45, 2.75) is 11.8 Å². The SMILES string of the molecule is O=C(C=Cc1ccccc1)N[C@H](COc1ccc(C(=O)NO)cc1)CS(=O)(=O)Cc1ccccc1. The lowest BCUT2D eigenvalue weighted by molar-refractivity contribution is -0.117. The summed E-state index contributed by atoms with van der Waals surface area (Å²) < 4.78 is 31.4. The van der Waals surface area contributed by atoms with Crippen molar-refractivity contribution in [2.24, 2.45) is 0 Å². The summed E-state index contributed by atoms with van der Waals surface area (Å²) in [6.45, 7) is -0.107. The maximum Gasteiger partial charge on any atom is 0.274 e. The Morgan fingerprint density at radius 2 is 1.54 bits per heavy atom. The molecule has 3 aromatic carbocycles. The molecule has 35 heavy (non-hydrogen) atoms. The summed E-state index contributed by atoms with van der Waals surface area (Å²) in [5.41, 5.74) is 3.25. The van der Waals surface area contributed by atoms with Crippen molar-refractivity contribution in [3.8, 4) is 5.75 Å². The number of rotatable bonds is 11. The van der Waals surface area contributed by atoms with E-state index in [1.165, 1.54) is 30.3 Å². The van der Waals surface area contributed by atoms with Crippen LogP contribution in [0.2, 0.25) is 0 Å². The number of sulfone groups is 1. The molecule has 0 saturated carbocycles. The minimum atomic E-state index is -3.57. The number of ether oxygens (including phenoxy) is 1. The Kier molecular flexibility index (Phi) is 9.16. The van der Waals surface area contributed by atoms with E-state index in [0.29, 0.717) is 11.3 Å². The molecule has 0 aliphatic rings. The molecule has 0 aromatic heterocycles. The minimum absolute atomic E-state index is 0.107. The molecule has 0 bridgehead atoms. The molecule has 0 saturated heterocycles. The fourth-order valence-electron chi connectivity index (χ4n) is 3.27. The van der Waals surface area contributed by atoms with Crippen molar-refractivity contribution in [3.63, 3.8) is 0 Å². The van der Waals surface area contributed by atoms with Gasteiger partial charge in [-0.05, 0) is 41.5 Å². The predicted molar refractivity (Wildman–Crippen MR) is 133 cm³/mol. The summed E-state index contributed by atoms with van der Waals surface area (Å²) in [6, 6.07) is 23.1. The molecule has 0 spiro atoms. The Balaban J connectivity index is 1.69. The molecule has 9 heteroatoms. The first-order chi connectivity index (χ1) is 16.8. The summed E-state index contributed by atoms with van der Waals surface area (Å²) in [5.74, 6) is -1.23. The standard InChI is InChI=1S/C26H26N2O6S/c29-25(16-11-20-7-3-1-4-8-20)27-23(19-35(32,33)18-21-9-5-2-6-10-21)17-34-24-14-12-22(13-15-24)26(30)28-31/h1-16,23,31H,17-19H2,(H,27,29)(H,28,30)/t23-/m1/s1. The lowest BCUT2D eigenvalue weighted by Gasteiger charge is -2.19. The van der Waals surface area contributed by atoms with E-state index in [1.54, 1.807) is 35.8 Å². The molecule has 182 valence electrons. The van der Waals surface area contributed by atoms with Gasteiger partial charge < -0.3 is 10.1 Å². The van der Waals surface area contributed by atoms with Gasteiger partial charge in [0.25, 0.3) is 5.91 Å². The van der Waals surface area contributed by atoms with Crippen molar-refractivity contribution in [3.05, 3.63) is 108 Å². The van der Waals surface area contributed by atoms with Crippen LogP contribution < -0.4 is 15.5 Å². The molecule has 0 heterocycles. The fourth-order valence-corrected chi connectivity index (χ4v) is 4.89. The number of carbonyl (C=O) groups is 2. The van der Waals surface area contributed by atoms with Crippen LogP contribution in [-0.4, -0.2) is 43.8 Å². The molecule has 3 N–H and O–H groups in total. The second-order valence-electron chi connectivity index (χ2n) is 7.77. The monoisotopic (exact) mass is 494 g/mol. The number of nitrogens with one attached hydrogen (secondary N) is 2. The lowest BCUT2D eigenvalue weighted by atomic mass is 10.2. The van der Waals surface area contributed by atoms with Gasteiger partial charge in [0.05, 0.1) is 17.5 Å². The van der Waals surface area contributed by atoms with Crippen LogP contribution in [0.4, 0.5) is 0 Å². The number of hydroxylamine groups is 1. The van der Waals surface area contributed by atoms with Crippen LogP contribution in [0, 0.1) is 0 Å². The third-order valence-electron chi connectivity index (χ3n) is 4.93. The molecule has 0 fully saturated rings. The lowest BCUT2D eigenvalue weighted by Crippen LogP contribution is -2.43. The second kappa shape index (κ2) is 12.5. The molecule has 0 unspecified atom stereocenters. The number of hydrogen-bond donors (Lipinski definition) is 3.